The third-order valence-corrected chi connectivity index (χ3v) is 8.53. The van der Waals surface area contributed by atoms with Gasteiger partial charge in [0.2, 0.25) is 11.0 Å². The fourth-order valence-corrected chi connectivity index (χ4v) is 7.43. The SMILES string of the molecule is Cc1ccccc1Nc1nnc(SCC(=O)NC23CC4CC(CC(C4)C2)C3)s1. The molecule has 2 N–H and O–H groups in total. The van der Waals surface area contributed by atoms with Crippen LogP contribution >= 0.6 is 23.1 Å². The first-order valence-electron chi connectivity index (χ1n) is 10.2. The van der Waals surface area contributed by atoms with E-state index in [-0.39, 0.29) is 11.4 Å². The lowest BCUT2D eigenvalue weighted by Crippen LogP contribution is -2.60. The molecular weight excluding hydrogens is 388 g/mol. The standard InChI is InChI=1S/C21H26N4OS2/c1-13-4-2-3-5-17(13)22-19-24-25-20(28-19)27-12-18(26)23-21-9-14-6-15(10-21)8-16(7-14)11-21/h2-5,14-16H,6-12H2,1H3,(H,22,24)(H,23,26). The zero-order chi connectivity index (χ0) is 19.1. The number of carbonyl (C=O) groups is 1. The number of carbonyl (C=O) groups excluding carboxylic acids is 1. The first-order chi connectivity index (χ1) is 13.6. The first kappa shape index (κ1) is 18.4. The second kappa shape index (κ2) is 7.34. The Labute approximate surface area is 174 Å². The van der Waals surface area contributed by atoms with Gasteiger partial charge in [-0.25, -0.2) is 0 Å². The predicted octanol–water partition coefficient (Wildman–Crippen LogP) is 4.77. The Balaban J connectivity index is 1.16. The van der Waals surface area contributed by atoms with E-state index < -0.39 is 0 Å². The highest BCUT2D eigenvalue weighted by Crippen LogP contribution is 2.55. The van der Waals surface area contributed by atoms with Crippen LogP contribution in [0.2, 0.25) is 0 Å². The highest BCUT2D eigenvalue weighted by atomic mass is 32.2. The van der Waals surface area contributed by atoms with E-state index in [2.05, 4.69) is 33.8 Å². The van der Waals surface area contributed by atoms with Crippen molar-refractivity contribution in [2.45, 2.75) is 55.3 Å². The van der Waals surface area contributed by atoms with Gasteiger partial charge in [0.15, 0.2) is 4.34 Å². The van der Waals surface area contributed by atoms with E-state index in [0.717, 1.165) is 32.9 Å². The van der Waals surface area contributed by atoms with E-state index in [4.69, 9.17) is 0 Å². The lowest BCUT2D eigenvalue weighted by Gasteiger charge is -2.56. The molecule has 5 nitrogen and oxygen atoms in total. The van der Waals surface area contributed by atoms with Gasteiger partial charge in [-0.15, -0.1) is 10.2 Å². The van der Waals surface area contributed by atoms with Crippen LogP contribution in [-0.2, 0) is 4.79 Å². The Kier molecular flexibility index (Phi) is 4.83. The fraction of sp³-hybridized carbons (Fsp3) is 0.571. The Morgan fingerprint density at radius 1 is 1.14 bits per heavy atom. The number of nitrogens with one attached hydrogen (secondary N) is 2. The Morgan fingerprint density at radius 3 is 2.50 bits per heavy atom. The second-order valence-corrected chi connectivity index (χ2v) is 11.0. The minimum atomic E-state index is 0.0884. The van der Waals surface area contributed by atoms with E-state index in [1.165, 1.54) is 67.2 Å². The summed E-state index contributed by atoms with van der Waals surface area (Å²) in [6, 6.07) is 8.11. The summed E-state index contributed by atoms with van der Waals surface area (Å²) in [5.74, 6) is 3.10. The number of hydrogen-bond acceptors (Lipinski definition) is 6. The number of amides is 1. The van der Waals surface area contributed by atoms with Crippen LogP contribution in [0, 0.1) is 24.7 Å². The zero-order valence-electron chi connectivity index (χ0n) is 16.1. The van der Waals surface area contributed by atoms with Crippen LogP contribution in [-0.4, -0.2) is 27.4 Å². The maximum atomic E-state index is 12.7. The van der Waals surface area contributed by atoms with Gasteiger partial charge in [-0.1, -0.05) is 41.3 Å². The van der Waals surface area contributed by atoms with E-state index in [0.29, 0.717) is 5.75 Å². The molecule has 4 aliphatic carbocycles. The molecule has 0 radical (unpaired) electrons. The van der Waals surface area contributed by atoms with Crippen molar-refractivity contribution >= 4 is 39.8 Å². The fourth-order valence-electron chi connectivity index (χ4n) is 5.87. The lowest BCUT2D eigenvalue weighted by atomic mass is 9.53. The highest BCUT2D eigenvalue weighted by molar-refractivity contribution is 8.01. The number of para-hydroxylation sites is 1. The monoisotopic (exact) mass is 414 g/mol. The molecule has 0 saturated heterocycles. The van der Waals surface area contributed by atoms with Gasteiger partial charge in [-0.2, -0.15) is 0 Å². The second-order valence-electron chi connectivity index (χ2n) is 8.85. The number of anilines is 2. The molecule has 4 bridgehead atoms. The highest BCUT2D eigenvalue weighted by Gasteiger charge is 2.51. The molecule has 1 heterocycles. The smallest absolute Gasteiger partial charge is 0.230 e. The molecule has 7 heteroatoms. The molecule has 0 atom stereocenters. The number of aryl methyl sites for hydroxylation is 1. The van der Waals surface area contributed by atoms with Crippen LogP contribution in [0.3, 0.4) is 0 Å². The molecule has 148 valence electrons. The van der Waals surface area contributed by atoms with Gasteiger partial charge in [-0.3, -0.25) is 4.79 Å². The quantitative estimate of drug-likeness (QED) is 0.667. The van der Waals surface area contributed by atoms with Gasteiger partial charge in [0, 0.05) is 11.2 Å². The summed E-state index contributed by atoms with van der Waals surface area (Å²) in [5, 5.41) is 16.0. The van der Waals surface area contributed by atoms with E-state index in [9.17, 15) is 4.79 Å². The Morgan fingerprint density at radius 2 is 1.82 bits per heavy atom. The largest absolute Gasteiger partial charge is 0.350 e. The van der Waals surface area contributed by atoms with Crippen molar-refractivity contribution in [2.75, 3.05) is 11.1 Å². The number of rotatable bonds is 6. The Bertz CT molecular complexity index is 846. The molecule has 4 fully saturated rings. The molecule has 4 aliphatic rings. The van der Waals surface area contributed by atoms with E-state index in [1.807, 2.05) is 18.2 Å². The predicted molar refractivity (Wildman–Crippen MR) is 114 cm³/mol. The summed E-state index contributed by atoms with van der Waals surface area (Å²) in [7, 11) is 0. The minimum absolute atomic E-state index is 0.0884. The summed E-state index contributed by atoms with van der Waals surface area (Å²) >= 11 is 2.98. The maximum Gasteiger partial charge on any atom is 0.230 e. The van der Waals surface area contributed by atoms with Crippen LogP contribution in [0.1, 0.15) is 44.1 Å². The van der Waals surface area contributed by atoms with Crippen molar-refractivity contribution in [3.63, 3.8) is 0 Å². The molecule has 1 amide bonds. The van der Waals surface area contributed by atoms with Crippen molar-refractivity contribution in [3.8, 4) is 0 Å². The molecule has 6 rings (SSSR count). The molecule has 1 aromatic heterocycles. The van der Waals surface area contributed by atoms with Gasteiger partial charge in [0.25, 0.3) is 0 Å². The van der Waals surface area contributed by atoms with Crippen LogP contribution in [0.15, 0.2) is 28.6 Å². The number of benzene rings is 1. The summed E-state index contributed by atoms with van der Waals surface area (Å²) in [6.07, 6.45) is 7.76. The zero-order valence-corrected chi connectivity index (χ0v) is 17.7. The molecule has 28 heavy (non-hydrogen) atoms. The van der Waals surface area contributed by atoms with Gasteiger partial charge in [0.05, 0.1) is 5.75 Å². The number of nitrogens with zero attached hydrogens (tertiary/aromatic N) is 2. The summed E-state index contributed by atoms with van der Waals surface area (Å²) in [5.41, 5.74) is 2.29. The van der Waals surface area contributed by atoms with Crippen LogP contribution < -0.4 is 10.6 Å². The van der Waals surface area contributed by atoms with Gasteiger partial charge in [-0.05, 0) is 74.8 Å². The summed E-state index contributed by atoms with van der Waals surface area (Å²) < 4.78 is 0.830. The maximum absolute atomic E-state index is 12.7. The van der Waals surface area contributed by atoms with Crippen LogP contribution in [0.4, 0.5) is 10.8 Å². The van der Waals surface area contributed by atoms with Crippen LogP contribution in [0.5, 0.6) is 0 Å². The van der Waals surface area contributed by atoms with E-state index >= 15 is 0 Å². The molecule has 1 aromatic carbocycles. The topological polar surface area (TPSA) is 66.9 Å². The number of aromatic nitrogens is 2. The minimum Gasteiger partial charge on any atom is -0.350 e. The van der Waals surface area contributed by atoms with Crippen molar-refractivity contribution in [2.24, 2.45) is 17.8 Å². The average molecular weight is 415 g/mol. The molecular formula is C21H26N4OS2. The normalized spacial score (nSPS) is 30.4. The number of thioether (sulfide) groups is 1. The average Bonchev–Trinajstić information content (AvgIpc) is 3.08. The van der Waals surface area contributed by atoms with Crippen molar-refractivity contribution in [3.05, 3.63) is 29.8 Å². The third kappa shape index (κ3) is 3.79. The summed E-state index contributed by atoms with van der Waals surface area (Å²) in [4.78, 5) is 12.7. The molecule has 0 unspecified atom stereocenters. The molecule has 2 aromatic rings. The van der Waals surface area contributed by atoms with Gasteiger partial charge < -0.3 is 10.6 Å². The van der Waals surface area contributed by atoms with Crippen molar-refractivity contribution in [1.82, 2.24) is 15.5 Å². The molecule has 4 saturated carbocycles. The van der Waals surface area contributed by atoms with Crippen molar-refractivity contribution < 1.29 is 4.79 Å². The van der Waals surface area contributed by atoms with Crippen molar-refractivity contribution in [1.29, 1.82) is 0 Å². The van der Waals surface area contributed by atoms with Gasteiger partial charge in [0.1, 0.15) is 0 Å². The van der Waals surface area contributed by atoms with Gasteiger partial charge >= 0.3 is 0 Å². The van der Waals surface area contributed by atoms with E-state index in [1.54, 1.807) is 0 Å². The first-order valence-corrected chi connectivity index (χ1v) is 12.0. The van der Waals surface area contributed by atoms with Crippen LogP contribution in [0.25, 0.3) is 0 Å². The lowest BCUT2D eigenvalue weighted by molar-refractivity contribution is -0.124. The third-order valence-electron chi connectivity index (χ3n) is 6.56. The number of hydrogen-bond donors (Lipinski definition) is 2. The molecule has 0 spiro atoms. The Hall–Kier alpha value is -1.60. The summed E-state index contributed by atoms with van der Waals surface area (Å²) in [6.45, 7) is 2.06. The molecule has 0 aliphatic heterocycles.